The fourth-order valence-electron chi connectivity index (χ4n) is 4.17. The van der Waals surface area contributed by atoms with Gasteiger partial charge < -0.3 is 14.7 Å². The zero-order valence-electron chi connectivity index (χ0n) is 20.6. The first-order chi connectivity index (χ1) is 16.5. The number of carbonyl (C=O) groups is 4. The van der Waals surface area contributed by atoms with Crippen molar-refractivity contribution in [1.29, 1.82) is 0 Å². The van der Waals surface area contributed by atoms with Gasteiger partial charge in [-0.3, -0.25) is 14.4 Å². The summed E-state index contributed by atoms with van der Waals surface area (Å²) < 4.78 is 5.48. The van der Waals surface area contributed by atoms with Crippen LogP contribution < -0.4 is 0 Å². The van der Waals surface area contributed by atoms with Gasteiger partial charge in [0.1, 0.15) is 5.57 Å². The molecule has 35 heavy (non-hydrogen) atoms. The normalized spacial score (nSPS) is 23.3. The lowest BCUT2D eigenvalue weighted by Gasteiger charge is -2.36. The number of nitrogens with zero attached hydrogens (tertiary/aromatic N) is 1. The lowest BCUT2D eigenvalue weighted by atomic mass is 9.74. The first kappa shape index (κ1) is 26.4. The Kier molecular flexibility index (Phi) is 7.70. The maximum Gasteiger partial charge on any atom is 0.343 e. The minimum absolute atomic E-state index is 0.0177. The summed E-state index contributed by atoms with van der Waals surface area (Å²) in [6, 6.07) is 0. The van der Waals surface area contributed by atoms with E-state index in [9.17, 15) is 19.2 Å². The van der Waals surface area contributed by atoms with Crippen molar-refractivity contribution < 1.29 is 29.0 Å². The van der Waals surface area contributed by atoms with E-state index in [1.165, 1.54) is 6.92 Å². The maximum atomic E-state index is 13.3. The number of fused-ring (bicyclic) bond motifs is 3. The molecule has 7 nitrogen and oxygen atoms in total. The number of Topliss-reactive ketones (excluding diaryl/α,β-unsaturated/α-hetero) is 2. The van der Waals surface area contributed by atoms with Crippen LogP contribution in [-0.4, -0.2) is 45.7 Å². The highest BCUT2D eigenvalue weighted by Crippen LogP contribution is 2.50. The van der Waals surface area contributed by atoms with Gasteiger partial charge in [0.15, 0.2) is 11.4 Å². The molecule has 0 saturated carbocycles. The summed E-state index contributed by atoms with van der Waals surface area (Å²) in [4.78, 5) is 52.3. The van der Waals surface area contributed by atoms with Gasteiger partial charge in [-0.05, 0) is 50.8 Å². The monoisotopic (exact) mass is 499 g/mol. The van der Waals surface area contributed by atoms with Crippen molar-refractivity contribution >= 4 is 35.1 Å². The molecule has 0 bridgehead atoms. The highest BCUT2D eigenvalue weighted by atomic mass is 35.5. The second-order valence-corrected chi connectivity index (χ2v) is 9.46. The van der Waals surface area contributed by atoms with Crippen molar-refractivity contribution in [3.8, 4) is 0 Å². The van der Waals surface area contributed by atoms with Crippen molar-refractivity contribution in [2.45, 2.75) is 59.5 Å². The molecule has 0 aromatic carbocycles. The van der Waals surface area contributed by atoms with E-state index < -0.39 is 29.1 Å². The molecule has 0 aromatic rings. The Labute approximate surface area is 210 Å². The molecule has 0 fully saturated rings. The predicted molar refractivity (Wildman–Crippen MR) is 132 cm³/mol. The quantitative estimate of drug-likeness (QED) is 0.277. The van der Waals surface area contributed by atoms with Crippen LogP contribution in [0.2, 0.25) is 0 Å². The summed E-state index contributed by atoms with van der Waals surface area (Å²) in [5, 5.41) is 9.02. The number of ketones is 2. The molecule has 0 aromatic heterocycles. The van der Waals surface area contributed by atoms with Crippen LogP contribution in [0.15, 0.2) is 69.1 Å². The molecule has 186 valence electrons. The van der Waals surface area contributed by atoms with Crippen LogP contribution in [0.3, 0.4) is 0 Å². The molecule has 0 radical (unpaired) electrons. The summed E-state index contributed by atoms with van der Waals surface area (Å²) in [5.74, 6) is -2.55. The van der Waals surface area contributed by atoms with E-state index in [-0.39, 0.29) is 22.6 Å². The number of halogens is 1. The number of carboxylic acid groups (broad SMARTS) is 1. The smallest absolute Gasteiger partial charge is 0.343 e. The average Bonchev–Trinajstić information content (AvgIpc) is 3.10. The van der Waals surface area contributed by atoms with Crippen molar-refractivity contribution in [2.24, 2.45) is 5.92 Å². The highest BCUT2D eigenvalue weighted by Gasteiger charge is 2.57. The number of carbonyl (C=O) groups excluding carboxylic acids is 3. The largest absolute Gasteiger partial charge is 0.481 e. The molecule has 2 heterocycles. The van der Waals surface area contributed by atoms with Gasteiger partial charge in [-0.2, -0.15) is 0 Å². The lowest BCUT2D eigenvalue weighted by Crippen LogP contribution is -2.43. The minimum atomic E-state index is -1.72. The number of hydrogen-bond acceptors (Lipinski definition) is 6. The van der Waals surface area contributed by atoms with Crippen LogP contribution in [0.1, 0.15) is 53.9 Å². The third-order valence-corrected chi connectivity index (χ3v) is 6.99. The Bertz CT molecular complexity index is 1180. The number of hydrogen-bond donors (Lipinski definition) is 1. The van der Waals surface area contributed by atoms with Gasteiger partial charge in [0, 0.05) is 41.6 Å². The molecule has 2 atom stereocenters. The van der Waals surface area contributed by atoms with Crippen LogP contribution in [0.4, 0.5) is 0 Å². The Balaban J connectivity index is 2.23. The van der Waals surface area contributed by atoms with Crippen molar-refractivity contribution in [2.75, 3.05) is 6.54 Å². The molecule has 0 spiro atoms. The number of rotatable bonds is 9. The summed E-state index contributed by atoms with van der Waals surface area (Å²) in [6.45, 7) is 9.26. The second kappa shape index (κ2) is 10.2. The third-order valence-electron chi connectivity index (χ3n) is 6.61. The lowest BCUT2D eigenvalue weighted by molar-refractivity contribution is -0.153. The van der Waals surface area contributed by atoms with Crippen LogP contribution in [0, 0.1) is 5.92 Å². The number of aliphatic carboxylic acids is 1. The standard InChI is InChI=1S/C27H30ClNO6/c1-6-15(3)10-11-17-13-18-19(14-29(17)12-8-9-20(30)31)22-21(24(32)16(4)7-2)26(34)35-27(22,5)25(33)23(18)28/h7,10-11,13-15H,6,8-9,12H2,1-5H3,(H,30,31). The molecule has 2 unspecified atom stereocenters. The third kappa shape index (κ3) is 4.82. The molecule has 0 amide bonds. The molecular formula is C27H30ClNO6. The van der Waals surface area contributed by atoms with Crippen LogP contribution in [0.25, 0.3) is 0 Å². The Morgan fingerprint density at radius 3 is 2.60 bits per heavy atom. The Morgan fingerprint density at radius 2 is 2.00 bits per heavy atom. The zero-order valence-corrected chi connectivity index (χ0v) is 21.4. The van der Waals surface area contributed by atoms with E-state index in [0.29, 0.717) is 35.6 Å². The molecule has 1 aliphatic carbocycles. The van der Waals surface area contributed by atoms with Gasteiger partial charge in [-0.1, -0.05) is 44.0 Å². The van der Waals surface area contributed by atoms with Gasteiger partial charge in [-0.15, -0.1) is 0 Å². The fourth-order valence-corrected chi connectivity index (χ4v) is 4.51. The molecule has 3 aliphatic rings. The van der Waals surface area contributed by atoms with Gasteiger partial charge in [0.2, 0.25) is 5.78 Å². The van der Waals surface area contributed by atoms with Crippen LogP contribution in [-0.2, 0) is 23.9 Å². The molecule has 8 heteroatoms. The van der Waals surface area contributed by atoms with E-state index in [1.807, 2.05) is 17.1 Å². The summed E-state index contributed by atoms with van der Waals surface area (Å²) in [5.41, 5.74) is 0.241. The van der Waals surface area contributed by atoms with Gasteiger partial charge in [0.05, 0.1) is 5.03 Å². The van der Waals surface area contributed by atoms with Crippen LogP contribution >= 0.6 is 11.6 Å². The van der Waals surface area contributed by atoms with E-state index >= 15 is 0 Å². The molecule has 1 N–H and O–H groups in total. The average molecular weight is 500 g/mol. The van der Waals surface area contributed by atoms with Gasteiger partial charge >= 0.3 is 11.9 Å². The SMILES string of the molecule is CC=C(C)C(=O)C1=C2C3=CN(CCCC(=O)O)C(C=CC(C)CC)=CC3=C(Cl)C(=O)C2(C)OC1=O. The van der Waals surface area contributed by atoms with Gasteiger partial charge in [-0.25, -0.2) is 4.79 Å². The maximum absolute atomic E-state index is 13.3. The predicted octanol–water partition coefficient (Wildman–Crippen LogP) is 4.76. The van der Waals surface area contributed by atoms with Crippen LogP contribution in [0.5, 0.6) is 0 Å². The summed E-state index contributed by atoms with van der Waals surface area (Å²) in [7, 11) is 0. The van der Waals surface area contributed by atoms with Gasteiger partial charge in [0.25, 0.3) is 0 Å². The first-order valence-corrected chi connectivity index (χ1v) is 12.0. The first-order valence-electron chi connectivity index (χ1n) is 11.7. The number of esters is 1. The van der Waals surface area contributed by atoms with Crippen molar-refractivity contribution in [1.82, 2.24) is 4.90 Å². The van der Waals surface area contributed by atoms with E-state index in [1.54, 1.807) is 32.2 Å². The van der Waals surface area contributed by atoms with E-state index in [2.05, 4.69) is 13.8 Å². The van der Waals surface area contributed by atoms with E-state index in [0.717, 1.165) is 12.1 Å². The molecular weight excluding hydrogens is 470 g/mol. The minimum Gasteiger partial charge on any atom is -0.481 e. The topological polar surface area (TPSA) is 101 Å². The zero-order chi connectivity index (χ0) is 26.1. The number of carboxylic acids is 1. The second-order valence-electron chi connectivity index (χ2n) is 9.08. The number of allylic oxidation sites excluding steroid dienone is 6. The van der Waals surface area contributed by atoms with E-state index in [4.69, 9.17) is 21.4 Å². The Hall–Kier alpha value is -3.19. The van der Waals surface area contributed by atoms with Crippen molar-refractivity contribution in [3.63, 3.8) is 0 Å². The highest BCUT2D eigenvalue weighted by molar-refractivity contribution is 6.46. The molecule has 2 aliphatic heterocycles. The molecule has 0 saturated heterocycles. The fraction of sp³-hybridized carbons (Fsp3) is 0.407. The van der Waals surface area contributed by atoms with Crippen molar-refractivity contribution in [3.05, 3.63) is 69.1 Å². The summed E-state index contributed by atoms with van der Waals surface area (Å²) in [6.07, 6.45) is 10.3. The number of ether oxygens (including phenoxy) is 1. The Morgan fingerprint density at radius 1 is 1.31 bits per heavy atom. The molecule has 3 rings (SSSR count). The summed E-state index contributed by atoms with van der Waals surface area (Å²) >= 11 is 6.52.